The van der Waals surface area contributed by atoms with E-state index in [9.17, 15) is 9.59 Å². The van der Waals surface area contributed by atoms with E-state index in [1.807, 2.05) is 20.8 Å². The fourth-order valence-corrected chi connectivity index (χ4v) is 3.07. The number of esters is 1. The van der Waals surface area contributed by atoms with Gasteiger partial charge in [-0.3, -0.25) is 4.79 Å². The Morgan fingerprint density at radius 3 is 2.52 bits per heavy atom. The minimum Gasteiger partial charge on any atom is -0.496 e. The van der Waals surface area contributed by atoms with Gasteiger partial charge in [0.05, 0.1) is 13.3 Å². The lowest BCUT2D eigenvalue weighted by molar-refractivity contribution is 0.0731. The van der Waals surface area contributed by atoms with Gasteiger partial charge in [-0.25, -0.2) is 4.79 Å². The Balaban J connectivity index is 1.58. The maximum atomic E-state index is 12.9. The summed E-state index contributed by atoms with van der Waals surface area (Å²) < 4.78 is 13.2. The molecule has 2 heterocycles. The van der Waals surface area contributed by atoms with Crippen LogP contribution < -0.4 is 15.0 Å². The monoisotopic (exact) mass is 446 g/mol. The maximum Gasteiger partial charge on any atom is 0.347 e. The zero-order valence-corrected chi connectivity index (χ0v) is 18.6. The number of nitrogens with zero attached hydrogens (tertiary/aromatic N) is 6. The summed E-state index contributed by atoms with van der Waals surface area (Å²) in [5.74, 6) is 0.468. The van der Waals surface area contributed by atoms with Crippen LogP contribution in [0.3, 0.4) is 0 Å². The van der Waals surface area contributed by atoms with Crippen LogP contribution in [0.5, 0.6) is 11.5 Å². The first-order valence-electron chi connectivity index (χ1n) is 10.1. The molecule has 0 amide bonds. The summed E-state index contributed by atoms with van der Waals surface area (Å²) in [6.45, 7) is 5.68. The number of hydrogen-bond donors (Lipinski definition) is 0. The van der Waals surface area contributed by atoms with Gasteiger partial charge in [0.1, 0.15) is 29.1 Å². The molecule has 0 saturated carbocycles. The summed E-state index contributed by atoms with van der Waals surface area (Å²) >= 11 is 0. The summed E-state index contributed by atoms with van der Waals surface area (Å²) in [7, 11) is 1.49. The van der Waals surface area contributed by atoms with Gasteiger partial charge in [0.2, 0.25) is 0 Å². The lowest BCUT2D eigenvalue weighted by Crippen LogP contribution is -2.33. The Morgan fingerprint density at radius 1 is 1.09 bits per heavy atom. The summed E-state index contributed by atoms with van der Waals surface area (Å²) in [6, 6.07) is 13.5. The molecule has 4 aromatic rings. The van der Waals surface area contributed by atoms with Gasteiger partial charge in [0, 0.05) is 5.41 Å². The normalized spacial score (nSPS) is 11.8. The molecule has 0 saturated heterocycles. The van der Waals surface area contributed by atoms with Gasteiger partial charge in [-0.2, -0.15) is 19.4 Å². The summed E-state index contributed by atoms with van der Waals surface area (Å²) in [6.07, 6.45) is 2.93. The quantitative estimate of drug-likeness (QED) is 0.263. The van der Waals surface area contributed by atoms with Crippen molar-refractivity contribution >= 4 is 18.0 Å². The fourth-order valence-electron chi connectivity index (χ4n) is 3.07. The summed E-state index contributed by atoms with van der Waals surface area (Å²) in [5.41, 5.74) is 0.493. The van der Waals surface area contributed by atoms with E-state index < -0.39 is 11.4 Å². The second-order valence-corrected chi connectivity index (χ2v) is 8.19. The molecular weight excluding hydrogens is 424 g/mol. The first-order chi connectivity index (χ1) is 15.8. The van der Waals surface area contributed by atoms with Crippen molar-refractivity contribution in [3.63, 3.8) is 0 Å². The SMILES string of the molecule is COc1ccccc1C(=O)Oc1ccc(C=Nn2c(=O)c(C(C)(C)C)nn3cnnc23)cc1. The molecule has 10 nitrogen and oxygen atoms in total. The van der Waals surface area contributed by atoms with E-state index in [1.165, 1.54) is 24.2 Å². The molecular formula is C23H22N6O4. The van der Waals surface area contributed by atoms with Crippen LogP contribution in [0.1, 0.15) is 42.4 Å². The minimum absolute atomic E-state index is 0.201. The van der Waals surface area contributed by atoms with E-state index in [0.29, 0.717) is 28.3 Å². The number of benzene rings is 2. The van der Waals surface area contributed by atoms with Crippen molar-refractivity contribution in [2.75, 3.05) is 7.11 Å². The fraction of sp³-hybridized carbons (Fsp3) is 0.217. The van der Waals surface area contributed by atoms with Gasteiger partial charge in [0.15, 0.2) is 0 Å². The molecule has 2 aromatic heterocycles. The van der Waals surface area contributed by atoms with Crippen molar-refractivity contribution in [2.45, 2.75) is 26.2 Å². The first kappa shape index (κ1) is 21.9. The summed E-state index contributed by atoms with van der Waals surface area (Å²) in [5, 5.41) is 16.4. The lowest BCUT2D eigenvalue weighted by atomic mass is 9.93. The van der Waals surface area contributed by atoms with Crippen LogP contribution >= 0.6 is 0 Å². The molecule has 0 fully saturated rings. The average molecular weight is 446 g/mol. The molecule has 33 heavy (non-hydrogen) atoms. The molecule has 0 bridgehead atoms. The van der Waals surface area contributed by atoms with E-state index in [-0.39, 0.29) is 11.3 Å². The molecule has 0 atom stereocenters. The minimum atomic E-state index is -0.527. The molecule has 0 aliphatic heterocycles. The Kier molecular flexibility index (Phi) is 5.74. The second-order valence-electron chi connectivity index (χ2n) is 8.19. The highest BCUT2D eigenvalue weighted by atomic mass is 16.5. The third-order valence-corrected chi connectivity index (χ3v) is 4.76. The standard InChI is InChI=1S/C23H22N6O4/c1-23(2,3)19-20(30)29(22-26-24-14-28(22)27-19)25-13-15-9-11-16(12-10-15)33-21(31)17-7-5-6-8-18(17)32-4/h5-14H,1-4H3. The smallest absolute Gasteiger partial charge is 0.347 e. The van der Waals surface area contributed by atoms with Gasteiger partial charge in [0.25, 0.3) is 11.3 Å². The molecule has 0 N–H and O–H groups in total. The highest BCUT2D eigenvalue weighted by Gasteiger charge is 2.23. The van der Waals surface area contributed by atoms with Crippen LogP contribution in [0.25, 0.3) is 5.78 Å². The van der Waals surface area contributed by atoms with Crippen molar-refractivity contribution in [3.05, 3.63) is 82.0 Å². The van der Waals surface area contributed by atoms with Crippen LogP contribution in [0.4, 0.5) is 0 Å². The van der Waals surface area contributed by atoms with E-state index in [4.69, 9.17) is 9.47 Å². The number of rotatable bonds is 5. The third kappa shape index (κ3) is 4.49. The van der Waals surface area contributed by atoms with Crippen molar-refractivity contribution in [2.24, 2.45) is 5.10 Å². The van der Waals surface area contributed by atoms with E-state index in [0.717, 1.165) is 4.68 Å². The van der Waals surface area contributed by atoms with Gasteiger partial charge < -0.3 is 9.47 Å². The molecule has 0 spiro atoms. The van der Waals surface area contributed by atoms with Crippen LogP contribution in [-0.4, -0.2) is 43.8 Å². The van der Waals surface area contributed by atoms with Crippen molar-refractivity contribution in [1.29, 1.82) is 0 Å². The number of para-hydroxylation sites is 1. The molecule has 0 radical (unpaired) electrons. The van der Waals surface area contributed by atoms with Crippen LogP contribution in [0.2, 0.25) is 0 Å². The Morgan fingerprint density at radius 2 is 1.82 bits per heavy atom. The lowest BCUT2D eigenvalue weighted by Gasteiger charge is -2.16. The van der Waals surface area contributed by atoms with E-state index in [1.54, 1.807) is 48.5 Å². The number of hydrogen-bond acceptors (Lipinski definition) is 8. The van der Waals surface area contributed by atoms with Crippen molar-refractivity contribution < 1.29 is 14.3 Å². The number of carbonyl (C=O) groups is 1. The molecule has 2 aromatic carbocycles. The first-order valence-corrected chi connectivity index (χ1v) is 10.1. The number of aromatic nitrogens is 5. The molecule has 0 aliphatic rings. The number of carbonyl (C=O) groups excluding carboxylic acids is 1. The van der Waals surface area contributed by atoms with Crippen molar-refractivity contribution in [1.82, 2.24) is 24.5 Å². The maximum absolute atomic E-state index is 12.9. The average Bonchev–Trinajstić information content (AvgIpc) is 3.27. The van der Waals surface area contributed by atoms with Crippen LogP contribution in [0.15, 0.2) is 64.8 Å². The van der Waals surface area contributed by atoms with Gasteiger partial charge in [-0.05, 0) is 42.0 Å². The Labute approximate surface area is 189 Å². The number of fused-ring (bicyclic) bond motifs is 1. The number of methoxy groups -OCH3 is 1. The van der Waals surface area contributed by atoms with Crippen LogP contribution in [0, 0.1) is 0 Å². The predicted octanol–water partition coefficient (Wildman–Crippen LogP) is 2.69. The Hall–Kier alpha value is -4.34. The Bertz CT molecular complexity index is 1400. The van der Waals surface area contributed by atoms with E-state index in [2.05, 4.69) is 20.4 Å². The predicted molar refractivity (Wildman–Crippen MR) is 121 cm³/mol. The largest absolute Gasteiger partial charge is 0.496 e. The number of ether oxygens (including phenoxy) is 2. The zero-order valence-electron chi connectivity index (χ0n) is 18.6. The highest BCUT2D eigenvalue weighted by Crippen LogP contribution is 2.21. The highest BCUT2D eigenvalue weighted by molar-refractivity contribution is 5.94. The topological polar surface area (TPSA) is 113 Å². The van der Waals surface area contributed by atoms with Gasteiger partial charge in [-0.15, -0.1) is 10.2 Å². The molecule has 10 heteroatoms. The van der Waals surface area contributed by atoms with Gasteiger partial charge >= 0.3 is 5.97 Å². The van der Waals surface area contributed by atoms with Crippen LogP contribution in [-0.2, 0) is 5.41 Å². The van der Waals surface area contributed by atoms with Gasteiger partial charge in [-0.1, -0.05) is 32.9 Å². The summed E-state index contributed by atoms with van der Waals surface area (Å²) in [4.78, 5) is 25.4. The molecule has 168 valence electrons. The molecule has 0 aliphatic carbocycles. The van der Waals surface area contributed by atoms with E-state index >= 15 is 0 Å². The second kappa shape index (κ2) is 8.65. The molecule has 0 unspecified atom stereocenters. The molecule has 4 rings (SSSR count). The third-order valence-electron chi connectivity index (χ3n) is 4.76. The van der Waals surface area contributed by atoms with Crippen molar-refractivity contribution in [3.8, 4) is 11.5 Å². The zero-order chi connectivity index (χ0) is 23.6.